The second kappa shape index (κ2) is 5.93. The van der Waals surface area contributed by atoms with Gasteiger partial charge in [-0.15, -0.1) is 0 Å². The van der Waals surface area contributed by atoms with Crippen molar-refractivity contribution in [3.8, 4) is 23.3 Å². The summed E-state index contributed by atoms with van der Waals surface area (Å²) in [6, 6.07) is 14.5. The van der Waals surface area contributed by atoms with Crippen LogP contribution in [0.5, 0.6) is 17.2 Å². The summed E-state index contributed by atoms with van der Waals surface area (Å²) < 4.78 is 10.9. The predicted molar refractivity (Wildman–Crippen MR) is 85.0 cm³/mol. The van der Waals surface area contributed by atoms with E-state index in [0.717, 1.165) is 11.3 Å². The molecule has 116 valence electrons. The number of rotatable bonds is 3. The zero-order valence-electron chi connectivity index (χ0n) is 12.6. The van der Waals surface area contributed by atoms with Crippen LogP contribution in [0.15, 0.2) is 53.9 Å². The van der Waals surface area contributed by atoms with Gasteiger partial charge in [0.15, 0.2) is 0 Å². The Hall–Kier alpha value is -3.13. The molecule has 3 N–H and O–H groups in total. The highest BCUT2D eigenvalue weighted by atomic mass is 16.5. The fourth-order valence-corrected chi connectivity index (χ4v) is 2.75. The average molecular weight is 308 g/mol. The average Bonchev–Trinajstić information content (AvgIpc) is 2.55. The smallest absolute Gasteiger partial charge is 0.205 e. The maximum absolute atomic E-state index is 10.2. The molecule has 0 spiro atoms. The third-order valence-electron chi connectivity index (χ3n) is 3.75. The number of benzene rings is 2. The van der Waals surface area contributed by atoms with Gasteiger partial charge in [0.2, 0.25) is 5.88 Å². The molecule has 2 aromatic carbocycles. The van der Waals surface area contributed by atoms with Crippen LogP contribution in [0.1, 0.15) is 24.0 Å². The first-order valence-electron chi connectivity index (χ1n) is 7.28. The maximum atomic E-state index is 10.2. The van der Waals surface area contributed by atoms with Gasteiger partial charge in [-0.1, -0.05) is 18.2 Å². The number of phenolic OH excluding ortho intramolecular Hbond substituents is 1. The minimum absolute atomic E-state index is 0.0597. The van der Waals surface area contributed by atoms with Crippen molar-refractivity contribution in [3.63, 3.8) is 0 Å². The largest absolute Gasteiger partial charge is 0.507 e. The molecular weight excluding hydrogens is 292 g/mol. The molecule has 0 aromatic heterocycles. The van der Waals surface area contributed by atoms with Gasteiger partial charge >= 0.3 is 0 Å². The number of allylic oxidation sites excluding steroid dienone is 1. The van der Waals surface area contributed by atoms with Gasteiger partial charge in [0.25, 0.3) is 0 Å². The zero-order chi connectivity index (χ0) is 16.4. The van der Waals surface area contributed by atoms with Crippen molar-refractivity contribution < 1.29 is 14.6 Å². The molecule has 1 aliphatic rings. The van der Waals surface area contributed by atoms with Crippen LogP contribution in [0.25, 0.3) is 0 Å². The molecule has 0 radical (unpaired) electrons. The molecule has 23 heavy (non-hydrogen) atoms. The van der Waals surface area contributed by atoms with E-state index >= 15 is 0 Å². The lowest BCUT2D eigenvalue weighted by Crippen LogP contribution is -2.21. The molecule has 0 aliphatic carbocycles. The number of nitrogens with two attached hydrogens (primary N) is 1. The summed E-state index contributed by atoms with van der Waals surface area (Å²) in [6.07, 6.45) is 0. The SMILES string of the molecule is CCOc1ccc([C@H]2C(C#N)=C(N)Oc3cccc(O)c32)cc1. The van der Waals surface area contributed by atoms with E-state index < -0.39 is 5.92 Å². The minimum atomic E-state index is -0.472. The number of hydrogen-bond donors (Lipinski definition) is 2. The van der Waals surface area contributed by atoms with E-state index in [9.17, 15) is 10.4 Å². The van der Waals surface area contributed by atoms with Crippen molar-refractivity contribution in [2.45, 2.75) is 12.8 Å². The molecule has 0 unspecified atom stereocenters. The first-order chi connectivity index (χ1) is 11.2. The van der Waals surface area contributed by atoms with E-state index in [1.54, 1.807) is 18.2 Å². The molecule has 1 heterocycles. The fourth-order valence-electron chi connectivity index (χ4n) is 2.75. The highest BCUT2D eigenvalue weighted by molar-refractivity contribution is 5.60. The van der Waals surface area contributed by atoms with E-state index in [1.807, 2.05) is 31.2 Å². The quantitative estimate of drug-likeness (QED) is 0.910. The van der Waals surface area contributed by atoms with Crippen molar-refractivity contribution in [2.24, 2.45) is 5.73 Å². The Kier molecular flexibility index (Phi) is 3.82. The van der Waals surface area contributed by atoms with E-state index in [1.165, 1.54) is 0 Å². The summed E-state index contributed by atoms with van der Waals surface area (Å²) in [7, 11) is 0. The Morgan fingerprint density at radius 3 is 2.65 bits per heavy atom. The lowest BCUT2D eigenvalue weighted by Gasteiger charge is -2.27. The molecule has 0 amide bonds. The molecule has 1 aliphatic heterocycles. The van der Waals surface area contributed by atoms with Gasteiger partial charge in [0, 0.05) is 5.56 Å². The van der Waals surface area contributed by atoms with E-state index in [-0.39, 0.29) is 17.2 Å². The molecule has 0 bridgehead atoms. The van der Waals surface area contributed by atoms with Gasteiger partial charge < -0.3 is 20.3 Å². The standard InChI is InChI=1S/C18H16N2O3/c1-2-22-12-8-6-11(7-9-12)16-13(10-19)18(20)23-15-5-3-4-14(21)17(15)16/h3-9,16,21H,2,20H2,1H3/t16-/m0/s1. The van der Waals surface area contributed by atoms with Gasteiger partial charge in [-0.3, -0.25) is 0 Å². The third-order valence-corrected chi connectivity index (χ3v) is 3.75. The Labute approximate surface area is 134 Å². The number of hydrogen-bond acceptors (Lipinski definition) is 5. The zero-order valence-corrected chi connectivity index (χ0v) is 12.6. The molecular formula is C18H16N2O3. The van der Waals surface area contributed by atoms with Crippen LogP contribution in [0.3, 0.4) is 0 Å². The van der Waals surface area contributed by atoms with Crippen molar-refractivity contribution in [1.82, 2.24) is 0 Å². The van der Waals surface area contributed by atoms with Crippen LogP contribution in [0.4, 0.5) is 0 Å². The molecule has 0 fully saturated rings. The van der Waals surface area contributed by atoms with E-state index in [4.69, 9.17) is 15.2 Å². The first kappa shape index (κ1) is 14.8. The van der Waals surface area contributed by atoms with Crippen molar-refractivity contribution in [3.05, 3.63) is 65.0 Å². The van der Waals surface area contributed by atoms with Gasteiger partial charge in [0.05, 0.1) is 12.5 Å². The van der Waals surface area contributed by atoms with Gasteiger partial charge in [-0.2, -0.15) is 5.26 Å². The lowest BCUT2D eigenvalue weighted by atomic mass is 9.83. The molecule has 5 nitrogen and oxygen atoms in total. The number of nitrogens with zero attached hydrogens (tertiary/aromatic N) is 1. The molecule has 0 saturated carbocycles. The number of nitriles is 1. The second-order valence-corrected chi connectivity index (χ2v) is 5.12. The molecule has 3 rings (SSSR count). The van der Waals surface area contributed by atoms with Crippen LogP contribution in [0, 0.1) is 11.3 Å². The molecule has 1 atom stereocenters. The maximum Gasteiger partial charge on any atom is 0.205 e. The number of fused-ring (bicyclic) bond motifs is 1. The van der Waals surface area contributed by atoms with Crippen LogP contribution in [-0.4, -0.2) is 11.7 Å². The summed E-state index contributed by atoms with van der Waals surface area (Å²) in [5.74, 6) is 0.864. The van der Waals surface area contributed by atoms with Crippen molar-refractivity contribution >= 4 is 0 Å². The van der Waals surface area contributed by atoms with Crippen LogP contribution in [0.2, 0.25) is 0 Å². The number of aromatic hydroxyl groups is 1. The van der Waals surface area contributed by atoms with Gasteiger partial charge in [-0.05, 0) is 36.8 Å². The van der Waals surface area contributed by atoms with Crippen molar-refractivity contribution in [2.75, 3.05) is 6.61 Å². The number of ether oxygens (including phenoxy) is 2. The Bertz CT molecular complexity index is 804. The van der Waals surface area contributed by atoms with Crippen LogP contribution < -0.4 is 15.2 Å². The fraction of sp³-hybridized carbons (Fsp3) is 0.167. The van der Waals surface area contributed by atoms with E-state index in [2.05, 4.69) is 6.07 Å². The Morgan fingerprint density at radius 1 is 1.26 bits per heavy atom. The summed E-state index contributed by atoms with van der Waals surface area (Å²) in [4.78, 5) is 0. The van der Waals surface area contributed by atoms with Gasteiger partial charge in [0.1, 0.15) is 28.9 Å². The number of phenols is 1. The Morgan fingerprint density at radius 2 is 2.00 bits per heavy atom. The highest BCUT2D eigenvalue weighted by Crippen LogP contribution is 2.46. The summed E-state index contributed by atoms with van der Waals surface area (Å²) in [5, 5.41) is 19.7. The lowest BCUT2D eigenvalue weighted by molar-refractivity contribution is 0.340. The predicted octanol–water partition coefficient (Wildman–Crippen LogP) is 3.01. The second-order valence-electron chi connectivity index (χ2n) is 5.12. The molecule has 5 heteroatoms. The highest BCUT2D eigenvalue weighted by Gasteiger charge is 2.32. The minimum Gasteiger partial charge on any atom is -0.507 e. The summed E-state index contributed by atoms with van der Waals surface area (Å²) in [6.45, 7) is 2.49. The van der Waals surface area contributed by atoms with Gasteiger partial charge in [-0.25, -0.2) is 0 Å². The third kappa shape index (κ3) is 2.55. The monoisotopic (exact) mass is 308 g/mol. The van der Waals surface area contributed by atoms with E-state index in [0.29, 0.717) is 17.9 Å². The Balaban J connectivity index is 2.14. The summed E-state index contributed by atoms with van der Waals surface area (Å²) in [5.41, 5.74) is 7.55. The normalized spacial score (nSPS) is 16.3. The first-order valence-corrected chi connectivity index (χ1v) is 7.28. The summed E-state index contributed by atoms with van der Waals surface area (Å²) >= 11 is 0. The topological polar surface area (TPSA) is 88.5 Å². The molecule has 0 saturated heterocycles. The van der Waals surface area contributed by atoms with Crippen LogP contribution >= 0.6 is 0 Å². The molecule has 2 aromatic rings. The van der Waals surface area contributed by atoms with Crippen LogP contribution in [-0.2, 0) is 0 Å². The van der Waals surface area contributed by atoms with Crippen molar-refractivity contribution in [1.29, 1.82) is 5.26 Å².